The highest BCUT2D eigenvalue weighted by Gasteiger charge is 2.77. The van der Waals surface area contributed by atoms with E-state index in [-0.39, 0.29) is 21.7 Å². The predicted molar refractivity (Wildman–Crippen MR) is 243 cm³/mol. The summed E-state index contributed by atoms with van der Waals surface area (Å²) in [5.74, 6) is 0. The van der Waals surface area contributed by atoms with Gasteiger partial charge >= 0.3 is 0 Å². The van der Waals surface area contributed by atoms with Gasteiger partial charge in [-0.1, -0.05) is 182 Å². The molecule has 0 saturated heterocycles. The number of benzene rings is 4. The Balaban J connectivity index is 1.76. The first kappa shape index (κ1) is 42.8. The van der Waals surface area contributed by atoms with Crippen LogP contribution in [-0.2, 0) is 16.5 Å². The van der Waals surface area contributed by atoms with Crippen LogP contribution in [0.1, 0.15) is 134 Å². The van der Waals surface area contributed by atoms with Crippen molar-refractivity contribution >= 4 is 22.1 Å². The van der Waals surface area contributed by atoms with Crippen molar-refractivity contribution in [1.29, 1.82) is 0 Å². The van der Waals surface area contributed by atoms with E-state index in [1.165, 1.54) is 11.1 Å². The van der Waals surface area contributed by atoms with Crippen LogP contribution in [0.5, 0.6) is 0 Å². The van der Waals surface area contributed by atoms with E-state index in [1.54, 1.807) is 0 Å². The van der Waals surface area contributed by atoms with Gasteiger partial charge in [-0.25, -0.2) is 0 Å². The Bertz CT molecular complexity index is 2180. The zero-order chi connectivity index (χ0) is 43.1. The number of hydrogen-bond acceptors (Lipinski definition) is 5. The molecule has 1 saturated carbocycles. The zero-order valence-corrected chi connectivity index (χ0v) is 38.4. The molecule has 0 radical (unpaired) electrons. The van der Waals surface area contributed by atoms with Gasteiger partial charge in [-0.3, -0.25) is 0 Å². The summed E-state index contributed by atoms with van der Waals surface area (Å²) in [7, 11) is 0. The van der Waals surface area contributed by atoms with Crippen LogP contribution in [0.3, 0.4) is 0 Å². The zero-order valence-electron chi connectivity index (χ0n) is 38.4. The first-order valence-electron chi connectivity index (χ1n) is 21.8. The molecule has 1 fully saturated rings. The highest BCUT2D eigenvalue weighted by molar-refractivity contribution is 5.74. The SMILES string of the molecule is CC(C)(C)CC(C)(C)C1(C(C)(C)CC(C)(C)C)CC(n2nc3ccccc3n2)(n2nc3ccccc3n2)C(O)C(C(C)(C)c2ccccc2)(C(C)(C)c2ccccc2)C1. The van der Waals surface area contributed by atoms with Crippen LogP contribution in [-0.4, -0.2) is 41.2 Å². The first-order chi connectivity index (χ1) is 27.3. The Morgan fingerprint density at radius 3 is 1.08 bits per heavy atom. The number of rotatable bonds is 10. The van der Waals surface area contributed by atoms with Gasteiger partial charge in [0.15, 0.2) is 0 Å². The molecule has 1 aliphatic carbocycles. The van der Waals surface area contributed by atoms with Crippen molar-refractivity contribution in [3.63, 3.8) is 0 Å². The Hall–Kier alpha value is -4.36. The number of aromatic nitrogens is 6. The van der Waals surface area contributed by atoms with Crippen LogP contribution in [0.2, 0.25) is 0 Å². The standard InChI is InChI=1S/C52H70N6O/c1-44(2,3)33-46(7,8)50(47(9,10)34-45(4,5)6)35-51(48(11,12)37-25-17-15-18-26-37,49(13,14)38-27-19-16-20-28-38)43(59)52(36-50,57-53-39-29-21-22-30-40(39)54-57)58-55-41-31-23-24-32-42(41)56-58/h15-32,43,59H,33-36H2,1-14H3. The first-order valence-corrected chi connectivity index (χ1v) is 21.8. The lowest BCUT2D eigenvalue weighted by molar-refractivity contribution is -0.271. The molecule has 6 aromatic rings. The number of fused-ring (bicyclic) bond motifs is 2. The Labute approximate surface area is 354 Å². The van der Waals surface area contributed by atoms with Crippen molar-refractivity contribution in [2.24, 2.45) is 32.5 Å². The second kappa shape index (κ2) is 14.1. The van der Waals surface area contributed by atoms with Crippen LogP contribution < -0.4 is 0 Å². The van der Waals surface area contributed by atoms with Crippen molar-refractivity contribution in [1.82, 2.24) is 30.0 Å². The maximum atomic E-state index is 14.7. The Kier molecular flexibility index (Phi) is 10.2. The normalized spacial score (nSPS) is 19.0. The summed E-state index contributed by atoms with van der Waals surface area (Å²) >= 11 is 0. The van der Waals surface area contributed by atoms with Gasteiger partial charge in [0.25, 0.3) is 0 Å². The summed E-state index contributed by atoms with van der Waals surface area (Å²) in [6.07, 6.45) is 2.04. The molecule has 1 N–H and O–H groups in total. The van der Waals surface area contributed by atoms with Gasteiger partial charge in [0.05, 0.1) is 0 Å². The monoisotopic (exact) mass is 795 g/mol. The summed E-state index contributed by atoms with van der Waals surface area (Å²) in [6.45, 7) is 33.8. The van der Waals surface area contributed by atoms with Crippen molar-refractivity contribution in [3.05, 3.63) is 120 Å². The van der Waals surface area contributed by atoms with Gasteiger partial charge < -0.3 is 5.11 Å². The number of aliphatic hydroxyl groups is 1. The third-order valence-electron chi connectivity index (χ3n) is 15.1. The minimum atomic E-state index is -1.39. The Morgan fingerprint density at radius 2 is 0.780 bits per heavy atom. The minimum Gasteiger partial charge on any atom is -0.388 e. The number of hydrogen-bond donors (Lipinski definition) is 1. The van der Waals surface area contributed by atoms with Gasteiger partial charge in [0.1, 0.15) is 28.2 Å². The van der Waals surface area contributed by atoms with E-state index < -0.39 is 33.4 Å². The second-order valence-corrected chi connectivity index (χ2v) is 22.9. The van der Waals surface area contributed by atoms with Gasteiger partial charge in [0.2, 0.25) is 5.66 Å². The van der Waals surface area contributed by atoms with Crippen LogP contribution in [0.4, 0.5) is 0 Å². The van der Waals surface area contributed by atoms with Gasteiger partial charge in [0, 0.05) is 11.8 Å². The molecule has 2 aromatic heterocycles. The smallest absolute Gasteiger partial charge is 0.218 e. The fourth-order valence-electron chi connectivity index (χ4n) is 13.1. The molecule has 7 heteroatoms. The van der Waals surface area contributed by atoms with Crippen molar-refractivity contribution < 1.29 is 5.11 Å². The average molecular weight is 795 g/mol. The average Bonchev–Trinajstić information content (AvgIpc) is 3.79. The molecule has 2 heterocycles. The van der Waals surface area contributed by atoms with E-state index >= 15 is 0 Å². The van der Waals surface area contributed by atoms with E-state index in [0.717, 1.165) is 41.3 Å². The van der Waals surface area contributed by atoms with E-state index in [1.807, 2.05) is 58.1 Å². The molecule has 7 rings (SSSR count). The molecule has 7 nitrogen and oxygen atoms in total. The minimum absolute atomic E-state index is 0.00312. The summed E-state index contributed by atoms with van der Waals surface area (Å²) in [6, 6.07) is 37.9. The molecule has 59 heavy (non-hydrogen) atoms. The summed E-state index contributed by atoms with van der Waals surface area (Å²) in [5, 5.41) is 36.3. The quantitative estimate of drug-likeness (QED) is 0.149. The van der Waals surface area contributed by atoms with Crippen molar-refractivity contribution in [2.45, 2.75) is 145 Å². The predicted octanol–water partition coefficient (Wildman–Crippen LogP) is 12.4. The van der Waals surface area contributed by atoms with E-state index in [2.05, 4.69) is 158 Å². The summed E-state index contributed by atoms with van der Waals surface area (Å²) in [4.78, 5) is 3.71. The van der Waals surface area contributed by atoms with Crippen LogP contribution >= 0.6 is 0 Å². The fourth-order valence-corrected chi connectivity index (χ4v) is 13.1. The molecule has 0 spiro atoms. The molecule has 4 aromatic carbocycles. The molecule has 0 aliphatic heterocycles. The third kappa shape index (κ3) is 6.74. The highest BCUT2D eigenvalue weighted by atomic mass is 16.3. The summed E-state index contributed by atoms with van der Waals surface area (Å²) in [5.41, 5.74) is 0.751. The molecule has 314 valence electrons. The number of aliphatic hydroxyl groups excluding tert-OH is 1. The van der Waals surface area contributed by atoms with Crippen LogP contribution in [0, 0.1) is 32.5 Å². The molecular formula is C52H70N6O. The lowest BCUT2D eigenvalue weighted by atomic mass is 9.32. The molecular weight excluding hydrogens is 725 g/mol. The number of nitrogens with zero attached hydrogens (tertiary/aromatic N) is 6. The van der Waals surface area contributed by atoms with Gasteiger partial charge in [-0.15, -0.1) is 0 Å². The van der Waals surface area contributed by atoms with Gasteiger partial charge in [-0.2, -0.15) is 30.0 Å². The van der Waals surface area contributed by atoms with E-state index in [4.69, 9.17) is 20.4 Å². The highest BCUT2D eigenvalue weighted by Crippen LogP contribution is 2.75. The van der Waals surface area contributed by atoms with E-state index in [9.17, 15) is 5.11 Å². The third-order valence-corrected chi connectivity index (χ3v) is 15.1. The topological polar surface area (TPSA) is 81.7 Å². The molecule has 0 amide bonds. The van der Waals surface area contributed by atoms with Crippen molar-refractivity contribution in [2.75, 3.05) is 0 Å². The van der Waals surface area contributed by atoms with Crippen LogP contribution in [0.25, 0.3) is 22.1 Å². The lowest BCUT2D eigenvalue weighted by Crippen LogP contribution is -2.77. The fraction of sp³-hybridized carbons (Fsp3) is 0.538. The largest absolute Gasteiger partial charge is 0.388 e. The summed E-state index contributed by atoms with van der Waals surface area (Å²) < 4.78 is 0. The molecule has 1 aliphatic rings. The maximum absolute atomic E-state index is 14.7. The second-order valence-electron chi connectivity index (χ2n) is 22.9. The molecule has 1 unspecified atom stereocenters. The van der Waals surface area contributed by atoms with Crippen molar-refractivity contribution in [3.8, 4) is 0 Å². The van der Waals surface area contributed by atoms with Gasteiger partial charge in [-0.05, 0) is 92.6 Å². The maximum Gasteiger partial charge on any atom is 0.218 e. The molecule has 1 atom stereocenters. The lowest BCUT2D eigenvalue weighted by Gasteiger charge is -2.73. The van der Waals surface area contributed by atoms with E-state index in [0.29, 0.717) is 6.42 Å². The Morgan fingerprint density at radius 1 is 0.475 bits per heavy atom. The van der Waals surface area contributed by atoms with Crippen LogP contribution in [0.15, 0.2) is 109 Å². The molecule has 0 bridgehead atoms.